The zero-order chi connectivity index (χ0) is 11.4. The van der Waals surface area contributed by atoms with E-state index in [4.69, 9.17) is 10.9 Å². The molecule has 0 aliphatic heterocycles. The summed E-state index contributed by atoms with van der Waals surface area (Å²) < 4.78 is 0. The zero-order valence-corrected chi connectivity index (χ0v) is 8.61. The van der Waals surface area contributed by atoms with Gasteiger partial charge in [0.25, 0.3) is 5.91 Å². The van der Waals surface area contributed by atoms with Crippen molar-refractivity contribution in [2.75, 3.05) is 5.32 Å². The van der Waals surface area contributed by atoms with Gasteiger partial charge in [0, 0.05) is 5.69 Å². The molecule has 0 saturated heterocycles. The number of carbonyl (C=O) groups excluding carboxylic acids is 1. The first-order valence-corrected chi connectivity index (χ1v) is 4.40. The van der Waals surface area contributed by atoms with Crippen LogP contribution in [0.1, 0.15) is 11.1 Å². The number of nitrogens with one attached hydrogen (secondary N) is 1. The number of hydrogen-bond donors (Lipinski definition) is 3. The van der Waals surface area contributed by atoms with E-state index in [-0.39, 0.29) is 0 Å². The molecule has 1 aromatic rings. The van der Waals surface area contributed by atoms with E-state index in [9.17, 15) is 4.79 Å². The summed E-state index contributed by atoms with van der Waals surface area (Å²) in [5, 5.41) is 13.4. The fourth-order valence-corrected chi connectivity index (χ4v) is 1.19. The number of benzene rings is 1. The maximum atomic E-state index is 11.3. The monoisotopic (exact) mass is 207 g/mol. The van der Waals surface area contributed by atoms with Gasteiger partial charge in [-0.2, -0.15) is 0 Å². The lowest BCUT2D eigenvalue weighted by molar-refractivity contribution is -0.110. The second-order valence-electron chi connectivity index (χ2n) is 3.26. The van der Waals surface area contributed by atoms with Gasteiger partial charge in [-0.25, -0.2) is 0 Å². The van der Waals surface area contributed by atoms with Crippen molar-refractivity contribution in [1.29, 1.82) is 0 Å². The molecule has 0 radical (unpaired) electrons. The van der Waals surface area contributed by atoms with E-state index in [2.05, 4.69) is 10.5 Å². The molecule has 4 N–H and O–H groups in total. The smallest absolute Gasteiger partial charge is 0.294 e. The molecule has 0 atom stereocenters. The Bertz CT molecular complexity index is 413. The van der Waals surface area contributed by atoms with Crippen LogP contribution in [0.3, 0.4) is 0 Å². The van der Waals surface area contributed by atoms with Crippen molar-refractivity contribution in [3.05, 3.63) is 29.3 Å². The fraction of sp³-hybridized carbons (Fsp3) is 0.200. The van der Waals surface area contributed by atoms with E-state index in [0.29, 0.717) is 5.69 Å². The van der Waals surface area contributed by atoms with Crippen molar-refractivity contribution in [3.63, 3.8) is 0 Å². The second kappa shape index (κ2) is 4.45. The number of anilines is 1. The van der Waals surface area contributed by atoms with Crippen molar-refractivity contribution in [2.24, 2.45) is 10.9 Å². The number of hydrogen-bond acceptors (Lipinski definition) is 3. The maximum Gasteiger partial charge on any atom is 0.294 e. The van der Waals surface area contributed by atoms with Crippen LogP contribution in [0.5, 0.6) is 0 Å². The van der Waals surface area contributed by atoms with Gasteiger partial charge in [-0.1, -0.05) is 22.9 Å². The Hall–Kier alpha value is -2.04. The third-order valence-electron chi connectivity index (χ3n) is 1.97. The normalized spacial score (nSPS) is 11.2. The van der Waals surface area contributed by atoms with Crippen molar-refractivity contribution < 1.29 is 10.0 Å². The van der Waals surface area contributed by atoms with E-state index in [1.807, 2.05) is 26.0 Å². The summed E-state index contributed by atoms with van der Waals surface area (Å²) >= 11 is 0. The van der Waals surface area contributed by atoms with Crippen molar-refractivity contribution in [2.45, 2.75) is 13.8 Å². The quantitative estimate of drug-likeness (QED) is 0.278. The van der Waals surface area contributed by atoms with Crippen LogP contribution < -0.4 is 11.1 Å². The predicted molar refractivity (Wildman–Crippen MR) is 58.0 cm³/mol. The molecule has 5 heteroatoms. The minimum atomic E-state index is -0.621. The molecular weight excluding hydrogens is 194 g/mol. The third kappa shape index (κ3) is 2.70. The van der Waals surface area contributed by atoms with Gasteiger partial charge in [0.2, 0.25) is 5.84 Å². The highest BCUT2D eigenvalue weighted by atomic mass is 16.4. The first-order chi connectivity index (χ1) is 7.04. The standard InChI is InChI=1S/C10H13N3O2/c1-6-3-4-8(7(2)5-6)12-10(14)9(11)13-15/h3-5,15H,1-2H3,(H2,11,13)(H,12,14). The molecule has 1 rings (SSSR count). The average Bonchev–Trinajstić information content (AvgIpc) is 2.20. The van der Waals surface area contributed by atoms with Gasteiger partial charge in [0.15, 0.2) is 0 Å². The summed E-state index contributed by atoms with van der Waals surface area (Å²) in [5.41, 5.74) is 7.81. The number of carbonyl (C=O) groups is 1. The number of aryl methyl sites for hydroxylation is 2. The summed E-state index contributed by atoms with van der Waals surface area (Å²) in [5.74, 6) is -1.08. The number of amidine groups is 1. The topological polar surface area (TPSA) is 87.7 Å². The van der Waals surface area contributed by atoms with Crippen molar-refractivity contribution >= 4 is 17.4 Å². The van der Waals surface area contributed by atoms with E-state index < -0.39 is 11.7 Å². The average molecular weight is 207 g/mol. The number of rotatable bonds is 1. The maximum absolute atomic E-state index is 11.3. The Morgan fingerprint density at radius 3 is 2.67 bits per heavy atom. The lowest BCUT2D eigenvalue weighted by Crippen LogP contribution is -2.30. The van der Waals surface area contributed by atoms with Gasteiger partial charge in [-0.15, -0.1) is 0 Å². The second-order valence-corrected chi connectivity index (χ2v) is 3.26. The molecule has 0 heterocycles. The number of nitrogens with two attached hydrogens (primary N) is 1. The molecule has 80 valence electrons. The van der Waals surface area contributed by atoms with Crippen LogP contribution in [0.25, 0.3) is 0 Å². The molecule has 1 aromatic carbocycles. The van der Waals surface area contributed by atoms with Crippen LogP contribution in [0.15, 0.2) is 23.4 Å². The summed E-state index contributed by atoms with van der Waals surface area (Å²) in [4.78, 5) is 11.3. The Kier molecular flexibility index (Phi) is 3.28. The van der Waals surface area contributed by atoms with Gasteiger partial charge >= 0.3 is 0 Å². The van der Waals surface area contributed by atoms with Crippen LogP contribution in [0, 0.1) is 13.8 Å². The molecule has 0 aliphatic rings. The van der Waals surface area contributed by atoms with Gasteiger partial charge in [-0.3, -0.25) is 4.79 Å². The molecule has 0 aliphatic carbocycles. The molecule has 0 aromatic heterocycles. The van der Waals surface area contributed by atoms with Crippen LogP contribution in [0.4, 0.5) is 5.69 Å². The highest BCUT2D eigenvalue weighted by Gasteiger charge is 2.08. The summed E-state index contributed by atoms with van der Waals surface area (Å²) in [7, 11) is 0. The summed E-state index contributed by atoms with van der Waals surface area (Å²) in [6.07, 6.45) is 0. The molecule has 0 spiro atoms. The number of nitrogens with zero attached hydrogens (tertiary/aromatic N) is 1. The molecule has 0 saturated carbocycles. The van der Waals surface area contributed by atoms with E-state index in [0.717, 1.165) is 11.1 Å². The Labute approximate surface area is 87.6 Å². The first-order valence-electron chi connectivity index (χ1n) is 4.40. The number of amides is 1. The lowest BCUT2D eigenvalue weighted by atomic mass is 10.1. The van der Waals surface area contributed by atoms with E-state index >= 15 is 0 Å². The summed E-state index contributed by atoms with van der Waals surface area (Å²) in [6.45, 7) is 3.83. The minimum Gasteiger partial charge on any atom is -0.409 e. The van der Waals surface area contributed by atoms with Gasteiger partial charge in [0.1, 0.15) is 0 Å². The van der Waals surface area contributed by atoms with Gasteiger partial charge in [-0.05, 0) is 25.5 Å². The Balaban J connectivity index is 2.86. The Morgan fingerprint density at radius 1 is 1.47 bits per heavy atom. The predicted octanol–water partition coefficient (Wildman–Crippen LogP) is 0.988. The summed E-state index contributed by atoms with van der Waals surface area (Å²) in [6, 6.07) is 5.57. The molecule has 5 nitrogen and oxygen atoms in total. The van der Waals surface area contributed by atoms with Crippen LogP contribution in [0.2, 0.25) is 0 Å². The van der Waals surface area contributed by atoms with Crippen molar-refractivity contribution in [1.82, 2.24) is 0 Å². The minimum absolute atomic E-state index is 0.463. The third-order valence-corrected chi connectivity index (χ3v) is 1.97. The molecular formula is C10H13N3O2. The van der Waals surface area contributed by atoms with Gasteiger partial charge in [0.05, 0.1) is 0 Å². The highest BCUT2D eigenvalue weighted by Crippen LogP contribution is 2.15. The van der Waals surface area contributed by atoms with Gasteiger partial charge < -0.3 is 16.3 Å². The molecule has 0 unspecified atom stereocenters. The van der Waals surface area contributed by atoms with Crippen LogP contribution >= 0.6 is 0 Å². The SMILES string of the molecule is Cc1ccc(NC(=O)/C(N)=N\O)c(C)c1. The Morgan fingerprint density at radius 2 is 2.13 bits per heavy atom. The molecule has 1 amide bonds. The zero-order valence-electron chi connectivity index (χ0n) is 8.61. The van der Waals surface area contributed by atoms with Crippen molar-refractivity contribution in [3.8, 4) is 0 Å². The van der Waals surface area contributed by atoms with E-state index in [1.54, 1.807) is 6.07 Å². The molecule has 0 bridgehead atoms. The first kappa shape index (κ1) is 11.0. The largest absolute Gasteiger partial charge is 0.409 e. The van der Waals surface area contributed by atoms with Crippen LogP contribution in [-0.4, -0.2) is 17.0 Å². The highest BCUT2D eigenvalue weighted by molar-refractivity contribution is 6.41. The number of oxime groups is 1. The fourth-order valence-electron chi connectivity index (χ4n) is 1.19. The van der Waals surface area contributed by atoms with Crippen LogP contribution in [-0.2, 0) is 4.79 Å². The molecule has 15 heavy (non-hydrogen) atoms. The molecule has 0 fully saturated rings. The lowest BCUT2D eigenvalue weighted by Gasteiger charge is -2.07. The van der Waals surface area contributed by atoms with E-state index in [1.165, 1.54) is 0 Å².